The molecule has 0 N–H and O–H groups in total. The van der Waals surface area contributed by atoms with Crippen molar-refractivity contribution in [2.75, 3.05) is 32.9 Å². The molecule has 2 heterocycles. The van der Waals surface area contributed by atoms with Crippen molar-refractivity contribution in [3.63, 3.8) is 0 Å². The molecule has 0 aliphatic carbocycles. The molecule has 4 rings (SSSR count). The zero-order valence-electron chi connectivity index (χ0n) is 15.8. The zero-order valence-corrected chi connectivity index (χ0v) is 16.6. The first kappa shape index (κ1) is 19.5. The molecular formula is C22H21ClN2O4. The van der Waals surface area contributed by atoms with E-state index in [1.165, 1.54) is 0 Å². The summed E-state index contributed by atoms with van der Waals surface area (Å²) in [5.41, 5.74) is 1.31. The van der Waals surface area contributed by atoms with Crippen LogP contribution in [0.2, 0.25) is 5.02 Å². The number of Topliss-reactive ketones (excluding diaryl/α,β-unsaturated/α-hetero) is 1. The van der Waals surface area contributed by atoms with Gasteiger partial charge in [-0.2, -0.15) is 0 Å². The number of para-hydroxylation sites is 1. The lowest BCUT2D eigenvalue weighted by molar-refractivity contribution is -0.130. The van der Waals surface area contributed by atoms with E-state index in [2.05, 4.69) is 0 Å². The van der Waals surface area contributed by atoms with Gasteiger partial charge in [-0.25, -0.2) is 0 Å². The molecule has 6 nitrogen and oxygen atoms in total. The van der Waals surface area contributed by atoms with Gasteiger partial charge in [0.15, 0.2) is 0 Å². The maximum Gasteiger partial charge on any atom is 0.295 e. The number of hydrogen-bond donors (Lipinski definition) is 0. The van der Waals surface area contributed by atoms with Crippen LogP contribution in [-0.4, -0.2) is 54.1 Å². The third-order valence-electron chi connectivity index (χ3n) is 4.94. The van der Waals surface area contributed by atoms with Crippen LogP contribution in [-0.2, 0) is 16.1 Å². The van der Waals surface area contributed by atoms with Gasteiger partial charge in [0.05, 0.1) is 25.3 Å². The quantitative estimate of drug-likeness (QED) is 0.460. The number of morpholine rings is 1. The summed E-state index contributed by atoms with van der Waals surface area (Å²) in [6, 6.07) is 14.8. The predicted octanol–water partition coefficient (Wildman–Crippen LogP) is 3.42. The Morgan fingerprint density at radius 1 is 1.03 bits per heavy atom. The molecule has 0 saturated carbocycles. The van der Waals surface area contributed by atoms with Gasteiger partial charge in [-0.05, 0) is 30.3 Å². The molecule has 0 radical (unpaired) electrons. The number of carbonyl (C=O) groups excluding carboxylic acids is 2. The van der Waals surface area contributed by atoms with Crippen molar-refractivity contribution < 1.29 is 19.1 Å². The third kappa shape index (κ3) is 4.28. The first-order valence-corrected chi connectivity index (χ1v) is 9.89. The number of ether oxygens (including phenoxy) is 2. The van der Waals surface area contributed by atoms with Crippen molar-refractivity contribution in [1.29, 1.82) is 0 Å². The number of halogens is 1. The molecule has 0 unspecified atom stereocenters. The second-order valence-electron chi connectivity index (χ2n) is 6.79. The standard InChI is InChI=1S/C22H21ClN2O4/c23-16-5-7-17(8-6-16)29-14-11-25-15-19(18-3-1-2-4-20(18)25)21(26)22(27)24-9-12-28-13-10-24/h1-8,15H,9-14H2. The average molecular weight is 413 g/mol. The number of amides is 1. The highest BCUT2D eigenvalue weighted by molar-refractivity contribution is 6.44. The Labute approximate surface area is 173 Å². The Bertz CT molecular complexity index is 1020. The molecule has 0 atom stereocenters. The van der Waals surface area contributed by atoms with E-state index in [1.54, 1.807) is 23.2 Å². The Hall–Kier alpha value is -2.83. The second-order valence-corrected chi connectivity index (χ2v) is 7.23. The van der Waals surface area contributed by atoms with E-state index in [4.69, 9.17) is 21.1 Å². The largest absolute Gasteiger partial charge is 0.492 e. The molecule has 7 heteroatoms. The van der Waals surface area contributed by atoms with E-state index in [-0.39, 0.29) is 0 Å². The minimum atomic E-state index is -0.486. The smallest absolute Gasteiger partial charge is 0.295 e. The molecule has 1 aliphatic rings. The molecule has 1 fully saturated rings. The van der Waals surface area contributed by atoms with Crippen molar-refractivity contribution >= 4 is 34.2 Å². The minimum Gasteiger partial charge on any atom is -0.492 e. The van der Waals surface area contributed by atoms with Crippen molar-refractivity contribution in [2.45, 2.75) is 6.54 Å². The third-order valence-corrected chi connectivity index (χ3v) is 5.19. The fourth-order valence-electron chi connectivity index (χ4n) is 3.43. The summed E-state index contributed by atoms with van der Waals surface area (Å²) in [6.45, 7) is 2.77. The van der Waals surface area contributed by atoms with E-state index in [9.17, 15) is 9.59 Å². The van der Waals surface area contributed by atoms with Crippen LogP contribution in [0.25, 0.3) is 10.9 Å². The number of rotatable bonds is 6. The Balaban J connectivity index is 1.52. The molecule has 0 spiro atoms. The average Bonchev–Trinajstić information content (AvgIpc) is 3.13. The van der Waals surface area contributed by atoms with Gasteiger partial charge < -0.3 is 18.9 Å². The topological polar surface area (TPSA) is 60.8 Å². The van der Waals surface area contributed by atoms with Gasteiger partial charge in [0.25, 0.3) is 11.7 Å². The first-order chi connectivity index (χ1) is 14.1. The SMILES string of the molecule is O=C(C(=O)N1CCOCC1)c1cn(CCOc2ccc(Cl)cc2)c2ccccc12. The summed E-state index contributed by atoms with van der Waals surface area (Å²) in [7, 11) is 0. The van der Waals surface area contributed by atoms with Crippen LogP contribution in [0.1, 0.15) is 10.4 Å². The number of benzene rings is 2. The van der Waals surface area contributed by atoms with Crippen LogP contribution in [0.5, 0.6) is 5.75 Å². The van der Waals surface area contributed by atoms with Crippen LogP contribution in [0, 0.1) is 0 Å². The minimum absolute atomic E-state index is 0.420. The molecule has 0 bridgehead atoms. The van der Waals surface area contributed by atoms with E-state index in [0.29, 0.717) is 50.0 Å². The second kappa shape index (κ2) is 8.68. The molecule has 2 aromatic carbocycles. The lowest BCUT2D eigenvalue weighted by Crippen LogP contribution is -2.44. The normalized spacial score (nSPS) is 14.2. The van der Waals surface area contributed by atoms with Crippen LogP contribution < -0.4 is 4.74 Å². The zero-order chi connectivity index (χ0) is 20.2. The molecule has 150 valence electrons. The fourth-order valence-corrected chi connectivity index (χ4v) is 3.56. The molecule has 1 aromatic heterocycles. The summed E-state index contributed by atoms with van der Waals surface area (Å²) in [4.78, 5) is 27.1. The molecule has 3 aromatic rings. The van der Waals surface area contributed by atoms with E-state index < -0.39 is 11.7 Å². The van der Waals surface area contributed by atoms with Crippen molar-refractivity contribution in [3.05, 3.63) is 65.3 Å². The van der Waals surface area contributed by atoms with E-state index in [0.717, 1.165) is 16.7 Å². The van der Waals surface area contributed by atoms with Crippen molar-refractivity contribution in [1.82, 2.24) is 9.47 Å². The van der Waals surface area contributed by atoms with Gasteiger partial charge in [-0.3, -0.25) is 9.59 Å². The number of aromatic nitrogens is 1. The van der Waals surface area contributed by atoms with Gasteiger partial charge in [-0.15, -0.1) is 0 Å². The summed E-state index contributed by atoms with van der Waals surface area (Å²) in [5.74, 6) is -0.237. The van der Waals surface area contributed by atoms with Gasteiger partial charge in [0.2, 0.25) is 0 Å². The molecule has 1 amide bonds. The lowest BCUT2D eigenvalue weighted by atomic mass is 10.1. The number of ketones is 1. The Morgan fingerprint density at radius 2 is 1.76 bits per heavy atom. The number of hydrogen-bond acceptors (Lipinski definition) is 4. The summed E-state index contributed by atoms with van der Waals surface area (Å²) < 4.78 is 13.0. The van der Waals surface area contributed by atoms with Gasteiger partial charge >= 0.3 is 0 Å². The monoisotopic (exact) mass is 412 g/mol. The van der Waals surface area contributed by atoms with Crippen LogP contribution >= 0.6 is 11.6 Å². The number of nitrogens with zero attached hydrogens (tertiary/aromatic N) is 2. The Morgan fingerprint density at radius 3 is 2.52 bits per heavy atom. The maximum absolute atomic E-state index is 12.9. The van der Waals surface area contributed by atoms with Crippen molar-refractivity contribution in [3.8, 4) is 5.75 Å². The highest BCUT2D eigenvalue weighted by atomic mass is 35.5. The van der Waals surface area contributed by atoms with Gasteiger partial charge in [-0.1, -0.05) is 29.8 Å². The predicted molar refractivity (Wildman–Crippen MR) is 111 cm³/mol. The molecular weight excluding hydrogens is 392 g/mol. The van der Waals surface area contributed by atoms with Crippen LogP contribution in [0.4, 0.5) is 0 Å². The maximum atomic E-state index is 12.9. The van der Waals surface area contributed by atoms with Gasteiger partial charge in [0, 0.05) is 35.2 Å². The van der Waals surface area contributed by atoms with Crippen LogP contribution in [0.15, 0.2) is 54.7 Å². The van der Waals surface area contributed by atoms with Crippen molar-refractivity contribution in [2.24, 2.45) is 0 Å². The van der Waals surface area contributed by atoms with Crippen LogP contribution in [0.3, 0.4) is 0 Å². The number of fused-ring (bicyclic) bond motifs is 1. The Kier molecular flexibility index (Phi) is 5.83. The number of carbonyl (C=O) groups is 2. The van der Waals surface area contributed by atoms with Gasteiger partial charge in [0.1, 0.15) is 12.4 Å². The lowest BCUT2D eigenvalue weighted by Gasteiger charge is -2.25. The summed E-state index contributed by atoms with van der Waals surface area (Å²) in [5, 5.41) is 1.42. The summed E-state index contributed by atoms with van der Waals surface area (Å²) in [6.07, 6.45) is 1.75. The highest BCUT2D eigenvalue weighted by Gasteiger charge is 2.27. The fraction of sp³-hybridized carbons (Fsp3) is 0.273. The molecule has 1 aliphatic heterocycles. The first-order valence-electron chi connectivity index (χ1n) is 9.51. The van der Waals surface area contributed by atoms with E-state index >= 15 is 0 Å². The summed E-state index contributed by atoms with van der Waals surface area (Å²) >= 11 is 5.89. The molecule has 1 saturated heterocycles. The molecule has 29 heavy (non-hydrogen) atoms. The van der Waals surface area contributed by atoms with E-state index in [1.807, 2.05) is 41.0 Å². The highest BCUT2D eigenvalue weighted by Crippen LogP contribution is 2.23.